The van der Waals surface area contributed by atoms with E-state index in [1.807, 2.05) is 0 Å². The predicted octanol–water partition coefficient (Wildman–Crippen LogP) is 3.60. The Hall–Kier alpha value is -2.08. The lowest BCUT2D eigenvalue weighted by atomic mass is 9.98. The predicted molar refractivity (Wildman–Crippen MR) is 114 cm³/mol. The quantitative estimate of drug-likeness (QED) is 0.735. The fourth-order valence-electron chi connectivity index (χ4n) is 4.22. The van der Waals surface area contributed by atoms with Crippen LogP contribution in [0.1, 0.15) is 50.2 Å². The molecule has 0 unspecified atom stereocenters. The van der Waals surface area contributed by atoms with Crippen molar-refractivity contribution in [3.05, 3.63) is 23.3 Å². The molecule has 28 heavy (non-hydrogen) atoms. The molecule has 2 aliphatic rings. The molecule has 0 N–H and O–H groups in total. The van der Waals surface area contributed by atoms with Crippen LogP contribution >= 0.6 is 0 Å². The number of imidazole rings is 1. The lowest BCUT2D eigenvalue weighted by molar-refractivity contribution is -0.126. The SMILES string of the molecule is CCCCn1c(N2CCCCC2)nc2c3c(ccc21)CCN(C)C3.COC=O. The molecule has 154 valence electrons. The summed E-state index contributed by atoms with van der Waals surface area (Å²) in [6.07, 6.45) is 7.58. The number of unbranched alkanes of at least 4 members (excludes halogenated alkanes) is 1. The van der Waals surface area contributed by atoms with E-state index in [0.29, 0.717) is 6.47 Å². The summed E-state index contributed by atoms with van der Waals surface area (Å²) >= 11 is 0. The number of hydrogen-bond acceptors (Lipinski definition) is 5. The lowest BCUT2D eigenvalue weighted by Crippen LogP contribution is -2.32. The number of nitrogens with zero attached hydrogens (tertiary/aromatic N) is 4. The molecule has 0 spiro atoms. The maximum absolute atomic E-state index is 8.95. The number of aromatic nitrogens is 2. The molecule has 2 aliphatic heterocycles. The number of rotatable bonds is 5. The second-order valence-electron chi connectivity index (χ2n) is 7.86. The highest BCUT2D eigenvalue weighted by Crippen LogP contribution is 2.31. The Bertz CT molecular complexity index is 780. The largest absolute Gasteiger partial charge is 0.471 e. The van der Waals surface area contributed by atoms with E-state index in [2.05, 4.69) is 45.2 Å². The van der Waals surface area contributed by atoms with Gasteiger partial charge in [-0.2, -0.15) is 0 Å². The summed E-state index contributed by atoms with van der Waals surface area (Å²) in [5.74, 6) is 1.22. The smallest absolute Gasteiger partial charge is 0.292 e. The highest BCUT2D eigenvalue weighted by Gasteiger charge is 2.23. The number of hydrogen-bond donors (Lipinski definition) is 0. The maximum atomic E-state index is 8.95. The lowest BCUT2D eigenvalue weighted by Gasteiger charge is -2.28. The average molecular weight is 387 g/mol. The van der Waals surface area contributed by atoms with E-state index in [-0.39, 0.29) is 0 Å². The Balaban J connectivity index is 0.000000516. The first-order valence-corrected chi connectivity index (χ1v) is 10.6. The molecule has 0 radical (unpaired) electrons. The second kappa shape index (κ2) is 9.92. The van der Waals surface area contributed by atoms with Gasteiger partial charge in [0.25, 0.3) is 6.47 Å². The van der Waals surface area contributed by atoms with Crippen LogP contribution in [0.25, 0.3) is 11.0 Å². The first-order valence-electron chi connectivity index (χ1n) is 10.6. The van der Waals surface area contributed by atoms with E-state index in [4.69, 9.17) is 9.78 Å². The minimum atomic E-state index is 0.375. The van der Waals surface area contributed by atoms with Crippen LogP contribution in [-0.2, 0) is 29.0 Å². The van der Waals surface area contributed by atoms with E-state index in [1.165, 1.54) is 67.3 Å². The fraction of sp³-hybridized carbons (Fsp3) is 0.636. The molecule has 3 heterocycles. The number of ether oxygens (including phenoxy) is 1. The van der Waals surface area contributed by atoms with Crippen molar-refractivity contribution in [2.75, 3.05) is 38.7 Å². The van der Waals surface area contributed by atoms with Crippen molar-refractivity contribution in [1.29, 1.82) is 0 Å². The van der Waals surface area contributed by atoms with Crippen LogP contribution in [0.4, 0.5) is 5.95 Å². The second-order valence-corrected chi connectivity index (χ2v) is 7.86. The Labute approximate surface area is 168 Å². The van der Waals surface area contributed by atoms with Crippen molar-refractivity contribution in [2.45, 2.75) is 58.5 Å². The molecule has 0 bridgehead atoms. The first-order chi connectivity index (χ1) is 13.7. The van der Waals surface area contributed by atoms with E-state index >= 15 is 0 Å². The summed E-state index contributed by atoms with van der Waals surface area (Å²) < 4.78 is 6.36. The van der Waals surface area contributed by atoms with Gasteiger partial charge >= 0.3 is 0 Å². The third-order valence-electron chi connectivity index (χ3n) is 5.76. The number of benzene rings is 1. The molecule has 1 aromatic carbocycles. The van der Waals surface area contributed by atoms with Crippen LogP contribution < -0.4 is 4.90 Å². The van der Waals surface area contributed by atoms with Crippen molar-refractivity contribution >= 4 is 23.5 Å². The highest BCUT2D eigenvalue weighted by molar-refractivity contribution is 5.83. The Kier molecular flexibility index (Phi) is 7.31. The standard InChI is InChI=1S/C20H30N4.C2H4O2/c1-3-4-13-24-18-9-8-16-10-14-22(2)15-17(16)19(18)21-20(24)23-11-6-5-7-12-23;1-4-2-3/h8-9H,3-7,10-15H2,1-2H3;2H,1H3. The molecule has 1 aromatic heterocycles. The minimum Gasteiger partial charge on any atom is -0.471 e. The molecule has 6 nitrogen and oxygen atoms in total. The van der Waals surface area contributed by atoms with Gasteiger partial charge in [-0.15, -0.1) is 0 Å². The molecular weight excluding hydrogens is 352 g/mol. The third kappa shape index (κ3) is 4.49. The molecule has 2 aromatic rings. The van der Waals surface area contributed by atoms with Gasteiger partial charge in [-0.1, -0.05) is 19.4 Å². The number of piperidine rings is 1. The van der Waals surface area contributed by atoms with Crippen LogP contribution in [0.5, 0.6) is 0 Å². The Morgan fingerprint density at radius 2 is 1.93 bits per heavy atom. The number of anilines is 1. The van der Waals surface area contributed by atoms with Gasteiger partial charge in [0.05, 0.1) is 18.1 Å². The monoisotopic (exact) mass is 386 g/mol. The first kappa shape index (κ1) is 20.6. The van der Waals surface area contributed by atoms with Gasteiger partial charge in [0.1, 0.15) is 0 Å². The molecule has 0 saturated carbocycles. The number of carbonyl (C=O) groups excluding carboxylic acids is 1. The van der Waals surface area contributed by atoms with Gasteiger partial charge in [0, 0.05) is 32.7 Å². The van der Waals surface area contributed by atoms with Crippen molar-refractivity contribution in [3.63, 3.8) is 0 Å². The number of aryl methyl sites for hydroxylation is 1. The molecule has 0 aliphatic carbocycles. The summed E-state index contributed by atoms with van der Waals surface area (Å²) in [6.45, 7) is 8.27. The number of carbonyl (C=O) groups is 1. The van der Waals surface area contributed by atoms with Crippen LogP contribution in [0.2, 0.25) is 0 Å². The van der Waals surface area contributed by atoms with Gasteiger partial charge in [-0.3, -0.25) is 4.79 Å². The number of methoxy groups -OCH3 is 1. The van der Waals surface area contributed by atoms with Crippen molar-refractivity contribution in [1.82, 2.24) is 14.5 Å². The van der Waals surface area contributed by atoms with E-state index in [1.54, 1.807) is 0 Å². The summed E-state index contributed by atoms with van der Waals surface area (Å²) in [5.41, 5.74) is 5.58. The highest BCUT2D eigenvalue weighted by atomic mass is 16.5. The zero-order valence-electron chi connectivity index (χ0n) is 17.6. The van der Waals surface area contributed by atoms with Crippen molar-refractivity contribution < 1.29 is 9.53 Å². The van der Waals surface area contributed by atoms with Crippen LogP contribution in [0.15, 0.2) is 12.1 Å². The summed E-state index contributed by atoms with van der Waals surface area (Å²) in [5, 5.41) is 0. The molecule has 0 atom stereocenters. The topological polar surface area (TPSA) is 50.6 Å². The van der Waals surface area contributed by atoms with Gasteiger partial charge in [0.15, 0.2) is 0 Å². The van der Waals surface area contributed by atoms with Crippen LogP contribution in [0.3, 0.4) is 0 Å². The van der Waals surface area contributed by atoms with Gasteiger partial charge in [-0.05, 0) is 56.3 Å². The summed E-state index contributed by atoms with van der Waals surface area (Å²) in [6, 6.07) is 4.68. The molecule has 6 heteroatoms. The van der Waals surface area contributed by atoms with Gasteiger partial charge in [-0.25, -0.2) is 4.98 Å². The van der Waals surface area contributed by atoms with Crippen molar-refractivity contribution in [3.8, 4) is 0 Å². The normalized spacial score (nSPS) is 17.0. The minimum absolute atomic E-state index is 0.375. The van der Waals surface area contributed by atoms with Crippen molar-refractivity contribution in [2.24, 2.45) is 0 Å². The number of likely N-dealkylation sites (N-methyl/N-ethyl adjacent to an activating group) is 1. The maximum Gasteiger partial charge on any atom is 0.292 e. The van der Waals surface area contributed by atoms with E-state index in [9.17, 15) is 0 Å². The Morgan fingerprint density at radius 3 is 2.61 bits per heavy atom. The summed E-state index contributed by atoms with van der Waals surface area (Å²) in [7, 11) is 3.54. The fourth-order valence-corrected chi connectivity index (χ4v) is 4.22. The molecule has 4 rings (SSSR count). The van der Waals surface area contributed by atoms with Crippen LogP contribution in [0, 0.1) is 0 Å². The summed E-state index contributed by atoms with van der Waals surface area (Å²) in [4.78, 5) is 19.1. The van der Waals surface area contributed by atoms with Gasteiger partial charge in [0.2, 0.25) is 5.95 Å². The van der Waals surface area contributed by atoms with Gasteiger partial charge < -0.3 is 19.1 Å². The zero-order valence-corrected chi connectivity index (χ0v) is 17.6. The zero-order chi connectivity index (χ0) is 19.9. The molecule has 1 saturated heterocycles. The molecular formula is C22H34N4O2. The third-order valence-corrected chi connectivity index (χ3v) is 5.76. The Morgan fingerprint density at radius 1 is 1.18 bits per heavy atom. The molecule has 1 fully saturated rings. The number of fused-ring (bicyclic) bond motifs is 3. The van der Waals surface area contributed by atoms with E-state index in [0.717, 1.165) is 39.1 Å². The van der Waals surface area contributed by atoms with Crippen LogP contribution in [-0.4, -0.2) is 54.7 Å². The molecule has 0 amide bonds. The van der Waals surface area contributed by atoms with E-state index < -0.39 is 0 Å². The average Bonchev–Trinajstić information content (AvgIpc) is 3.12.